The topological polar surface area (TPSA) is 165 Å². The molecule has 190 valence electrons. The van der Waals surface area contributed by atoms with E-state index in [0.717, 1.165) is 5.69 Å². The second-order valence-electron chi connectivity index (χ2n) is 8.17. The molecule has 3 aromatic heterocycles. The number of rotatable bonds is 7. The molecular formula is C25H21ClN10O2. The first-order chi connectivity index (χ1) is 18.4. The van der Waals surface area contributed by atoms with Gasteiger partial charge in [-0.15, -0.1) is 15.3 Å². The van der Waals surface area contributed by atoms with Gasteiger partial charge < -0.3 is 21.7 Å². The summed E-state index contributed by atoms with van der Waals surface area (Å²) < 4.78 is 1.52. The molecular weight excluding hydrogens is 508 g/mol. The zero-order chi connectivity index (χ0) is 26.6. The van der Waals surface area contributed by atoms with E-state index in [1.165, 1.54) is 17.6 Å². The largest absolute Gasteiger partial charge is 0.382 e. The van der Waals surface area contributed by atoms with E-state index in [-0.39, 0.29) is 24.0 Å². The van der Waals surface area contributed by atoms with Crippen LogP contribution < -0.4 is 21.7 Å². The Hall–Kier alpha value is -5.10. The fraction of sp³-hybridized carbons (Fsp3) is 0.0800. The lowest BCUT2D eigenvalue weighted by molar-refractivity contribution is -0.114. The normalized spacial score (nSPS) is 10.8. The molecule has 0 unspecified atom stereocenters. The summed E-state index contributed by atoms with van der Waals surface area (Å²) in [6.07, 6.45) is 1.48. The van der Waals surface area contributed by atoms with Gasteiger partial charge in [-0.25, -0.2) is 9.97 Å². The maximum atomic E-state index is 13.0. The molecule has 13 heteroatoms. The van der Waals surface area contributed by atoms with E-state index >= 15 is 0 Å². The van der Waals surface area contributed by atoms with Crippen molar-refractivity contribution in [2.24, 2.45) is 0 Å². The van der Waals surface area contributed by atoms with Gasteiger partial charge in [0.15, 0.2) is 28.8 Å². The van der Waals surface area contributed by atoms with Crippen LogP contribution in [0.15, 0.2) is 66.9 Å². The van der Waals surface area contributed by atoms with Crippen molar-refractivity contribution in [3.63, 3.8) is 0 Å². The van der Waals surface area contributed by atoms with Gasteiger partial charge in [0.2, 0.25) is 5.91 Å². The van der Waals surface area contributed by atoms with Gasteiger partial charge in [0, 0.05) is 28.9 Å². The molecule has 2 aromatic carbocycles. The highest BCUT2D eigenvalue weighted by Crippen LogP contribution is 2.21. The number of nitrogens with one attached hydrogen (secondary N) is 3. The molecule has 0 bridgehead atoms. The molecule has 5 N–H and O–H groups in total. The van der Waals surface area contributed by atoms with Crippen LogP contribution in [0.25, 0.3) is 16.9 Å². The first-order valence-electron chi connectivity index (χ1n) is 11.4. The van der Waals surface area contributed by atoms with Crippen molar-refractivity contribution in [1.29, 1.82) is 0 Å². The number of carbonyl (C=O) groups excluding carboxylic acids is 2. The number of halogens is 1. The Kier molecular flexibility index (Phi) is 6.78. The second kappa shape index (κ2) is 10.5. The van der Waals surface area contributed by atoms with Crippen LogP contribution in [0.3, 0.4) is 0 Å². The standard InChI is InChI=1S/C25H21ClN10O2/c1-14(37)30-17-7-5-15(6-8-17)19-12-28-24(27)23(32-19)25(38)29-13-22-34-33-21-10-9-20(35-36(21)22)31-18-4-2-3-16(26)11-18/h2-12H,13H2,1H3,(H2,27,28)(H,29,38)(H,30,37)(H,31,35). The molecule has 0 aliphatic carbocycles. The lowest BCUT2D eigenvalue weighted by Crippen LogP contribution is -2.26. The number of anilines is 4. The lowest BCUT2D eigenvalue weighted by Gasteiger charge is -2.09. The number of nitrogens with two attached hydrogens (primary N) is 1. The molecule has 0 aliphatic heterocycles. The van der Waals surface area contributed by atoms with E-state index in [2.05, 4.69) is 41.2 Å². The first kappa shape index (κ1) is 24.6. The van der Waals surface area contributed by atoms with Crippen LogP contribution in [-0.2, 0) is 11.3 Å². The fourth-order valence-electron chi connectivity index (χ4n) is 3.60. The zero-order valence-corrected chi connectivity index (χ0v) is 20.8. The summed E-state index contributed by atoms with van der Waals surface area (Å²) >= 11 is 6.06. The molecule has 0 radical (unpaired) electrons. The van der Waals surface area contributed by atoms with Crippen molar-refractivity contribution in [2.75, 3.05) is 16.4 Å². The first-order valence-corrected chi connectivity index (χ1v) is 11.8. The third kappa shape index (κ3) is 5.50. The molecule has 2 amide bonds. The summed E-state index contributed by atoms with van der Waals surface area (Å²) in [6.45, 7) is 1.45. The van der Waals surface area contributed by atoms with Crippen molar-refractivity contribution in [2.45, 2.75) is 13.5 Å². The number of aromatic nitrogens is 6. The number of nitrogen functional groups attached to an aromatic ring is 1. The van der Waals surface area contributed by atoms with Gasteiger partial charge in [0.1, 0.15) is 0 Å². The Bertz CT molecular complexity index is 1650. The smallest absolute Gasteiger partial charge is 0.274 e. The summed E-state index contributed by atoms with van der Waals surface area (Å²) in [6, 6.07) is 17.7. The van der Waals surface area contributed by atoms with Crippen molar-refractivity contribution in [3.8, 4) is 11.3 Å². The molecule has 12 nitrogen and oxygen atoms in total. The van der Waals surface area contributed by atoms with Crippen LogP contribution in [0.2, 0.25) is 5.02 Å². The van der Waals surface area contributed by atoms with Gasteiger partial charge in [-0.3, -0.25) is 9.59 Å². The van der Waals surface area contributed by atoms with Crippen LogP contribution >= 0.6 is 11.6 Å². The van der Waals surface area contributed by atoms with Gasteiger partial charge in [0.05, 0.1) is 18.4 Å². The number of benzene rings is 2. The maximum absolute atomic E-state index is 13.0. The highest BCUT2D eigenvalue weighted by atomic mass is 35.5. The minimum Gasteiger partial charge on any atom is -0.382 e. The number of carbonyl (C=O) groups is 2. The molecule has 0 saturated carbocycles. The van der Waals surface area contributed by atoms with Crippen molar-refractivity contribution in [3.05, 3.63) is 83.4 Å². The summed E-state index contributed by atoms with van der Waals surface area (Å²) in [5.41, 5.74) is 8.99. The molecule has 5 rings (SSSR count). The summed E-state index contributed by atoms with van der Waals surface area (Å²) in [5.74, 6) is 0.224. The van der Waals surface area contributed by atoms with Crippen molar-refractivity contribution in [1.82, 2.24) is 35.1 Å². The van der Waals surface area contributed by atoms with Crippen molar-refractivity contribution < 1.29 is 9.59 Å². The quantitative estimate of drug-likeness (QED) is 0.247. The molecule has 0 atom stereocenters. The van der Waals surface area contributed by atoms with E-state index in [4.69, 9.17) is 17.3 Å². The van der Waals surface area contributed by atoms with E-state index < -0.39 is 5.91 Å². The monoisotopic (exact) mass is 528 g/mol. The van der Waals surface area contributed by atoms with Gasteiger partial charge in [-0.05, 0) is 42.5 Å². The number of fused-ring (bicyclic) bond motifs is 1. The summed E-state index contributed by atoms with van der Waals surface area (Å²) in [5, 5.41) is 22.0. The Labute approximate surface area is 221 Å². The predicted octanol–water partition coefficient (Wildman–Crippen LogP) is 3.45. The highest BCUT2D eigenvalue weighted by Gasteiger charge is 2.16. The molecule has 0 aliphatic rings. The molecule has 38 heavy (non-hydrogen) atoms. The molecule has 5 aromatic rings. The SMILES string of the molecule is CC(=O)Nc1ccc(-c2cnc(N)c(C(=O)NCc3nnc4ccc(Nc5cccc(Cl)c5)nn34)n2)cc1. The van der Waals surface area contributed by atoms with E-state index in [1.807, 2.05) is 12.1 Å². The molecule has 0 fully saturated rings. The van der Waals surface area contributed by atoms with Crippen LogP contribution in [0, 0.1) is 0 Å². The van der Waals surface area contributed by atoms with E-state index in [1.54, 1.807) is 48.5 Å². The molecule has 0 spiro atoms. The molecule has 0 saturated heterocycles. The van der Waals surface area contributed by atoms with E-state index in [0.29, 0.717) is 39.3 Å². The Morgan fingerprint density at radius 2 is 1.84 bits per heavy atom. The third-order valence-corrected chi connectivity index (χ3v) is 5.58. The predicted molar refractivity (Wildman–Crippen MR) is 143 cm³/mol. The van der Waals surface area contributed by atoms with Crippen LogP contribution in [0.4, 0.5) is 23.0 Å². The average molecular weight is 529 g/mol. The number of hydrogen-bond acceptors (Lipinski definition) is 9. The summed E-state index contributed by atoms with van der Waals surface area (Å²) in [7, 11) is 0. The number of nitrogens with zero attached hydrogens (tertiary/aromatic N) is 6. The minimum atomic E-state index is -0.531. The Balaban J connectivity index is 1.31. The van der Waals surface area contributed by atoms with E-state index in [9.17, 15) is 9.59 Å². The summed E-state index contributed by atoms with van der Waals surface area (Å²) in [4.78, 5) is 32.7. The number of amides is 2. The van der Waals surface area contributed by atoms with Gasteiger partial charge in [0.25, 0.3) is 5.91 Å². The highest BCUT2D eigenvalue weighted by molar-refractivity contribution is 6.30. The molecule has 3 heterocycles. The fourth-order valence-corrected chi connectivity index (χ4v) is 3.79. The van der Waals surface area contributed by atoms with Gasteiger partial charge >= 0.3 is 0 Å². The van der Waals surface area contributed by atoms with Crippen LogP contribution in [0.1, 0.15) is 23.2 Å². The lowest BCUT2D eigenvalue weighted by atomic mass is 10.1. The van der Waals surface area contributed by atoms with Crippen LogP contribution in [0.5, 0.6) is 0 Å². The Morgan fingerprint density at radius 1 is 1.03 bits per heavy atom. The maximum Gasteiger partial charge on any atom is 0.274 e. The van der Waals surface area contributed by atoms with Crippen molar-refractivity contribution >= 4 is 52.1 Å². The zero-order valence-electron chi connectivity index (χ0n) is 20.0. The third-order valence-electron chi connectivity index (χ3n) is 5.35. The van der Waals surface area contributed by atoms with Gasteiger partial charge in [-0.2, -0.15) is 4.52 Å². The average Bonchev–Trinajstić information content (AvgIpc) is 3.30. The van der Waals surface area contributed by atoms with Gasteiger partial charge in [-0.1, -0.05) is 29.8 Å². The van der Waals surface area contributed by atoms with Crippen LogP contribution in [-0.4, -0.2) is 41.6 Å². The Morgan fingerprint density at radius 3 is 2.61 bits per heavy atom. The second-order valence-corrected chi connectivity index (χ2v) is 8.61. The minimum absolute atomic E-state index is 0.0154. The number of hydrogen-bond donors (Lipinski definition) is 4.